The number of unbranched alkanes of at least 4 members (excludes halogenated alkanes) is 6. The first kappa shape index (κ1) is 24.2. The Hall–Kier alpha value is -1.96. The van der Waals surface area contributed by atoms with E-state index in [1.165, 1.54) is 62.5 Å². The Morgan fingerprint density at radius 1 is 0.667 bits per heavy atom. The minimum Gasteiger partial charge on any atom is -0.504 e. The van der Waals surface area contributed by atoms with Crippen molar-refractivity contribution in [1.82, 2.24) is 8.75 Å². The summed E-state index contributed by atoms with van der Waals surface area (Å²) in [6.07, 6.45) is 11.9. The number of benzene rings is 1. The van der Waals surface area contributed by atoms with E-state index >= 15 is 0 Å². The number of phenols is 2. The molecule has 4 rings (SSSR count). The number of aryl methyl sites for hydroxylation is 2. The Morgan fingerprint density at radius 2 is 1.12 bits per heavy atom. The minimum atomic E-state index is -0.0949. The first-order valence-corrected chi connectivity index (χ1v) is 14.5. The third-order valence-corrected chi connectivity index (χ3v) is 8.62. The molecule has 4 aromatic rings. The predicted molar refractivity (Wildman–Crippen MR) is 143 cm³/mol. The molecule has 0 aliphatic carbocycles. The van der Waals surface area contributed by atoms with E-state index in [2.05, 4.69) is 45.5 Å². The van der Waals surface area contributed by atoms with Crippen molar-refractivity contribution in [2.45, 2.75) is 78.1 Å². The van der Waals surface area contributed by atoms with Gasteiger partial charge in [-0.1, -0.05) is 52.4 Å². The molecule has 3 aromatic heterocycles. The van der Waals surface area contributed by atoms with E-state index in [9.17, 15) is 10.2 Å². The summed E-state index contributed by atoms with van der Waals surface area (Å²) in [5.74, 6) is -0.190. The fourth-order valence-electron chi connectivity index (χ4n) is 4.23. The van der Waals surface area contributed by atoms with Crippen LogP contribution in [0, 0.1) is 0 Å². The number of aromatic nitrogens is 2. The molecule has 33 heavy (non-hydrogen) atoms. The third kappa shape index (κ3) is 5.42. The number of thiophene rings is 2. The van der Waals surface area contributed by atoms with Gasteiger partial charge in [0.1, 0.15) is 11.0 Å². The Bertz CT molecular complexity index is 1100. The van der Waals surface area contributed by atoms with E-state index in [4.69, 9.17) is 0 Å². The lowest BCUT2D eigenvalue weighted by Crippen LogP contribution is -1.87. The molecule has 0 amide bonds. The van der Waals surface area contributed by atoms with Crippen LogP contribution in [-0.4, -0.2) is 19.0 Å². The van der Waals surface area contributed by atoms with Crippen LogP contribution in [0.4, 0.5) is 0 Å². The molecule has 0 aliphatic heterocycles. The SMILES string of the molecule is CCCCCCc1csc(-c2c(O)c(O)c(-c3cc(CCCCCC)cs3)c3nsnc23)c1. The lowest BCUT2D eigenvalue weighted by molar-refractivity contribution is 0.407. The van der Waals surface area contributed by atoms with Crippen molar-refractivity contribution in [1.29, 1.82) is 0 Å². The van der Waals surface area contributed by atoms with Crippen molar-refractivity contribution in [2.24, 2.45) is 0 Å². The second-order valence-corrected chi connectivity index (χ2v) is 11.0. The molecule has 4 nitrogen and oxygen atoms in total. The monoisotopic (exact) mass is 500 g/mol. The summed E-state index contributed by atoms with van der Waals surface area (Å²) in [4.78, 5) is 1.86. The van der Waals surface area contributed by atoms with E-state index in [-0.39, 0.29) is 11.5 Å². The molecule has 0 unspecified atom stereocenters. The highest BCUT2D eigenvalue weighted by atomic mass is 32.1. The normalized spacial score (nSPS) is 11.6. The fraction of sp³-hybridized carbons (Fsp3) is 0.462. The minimum absolute atomic E-state index is 0.0949. The van der Waals surface area contributed by atoms with Crippen molar-refractivity contribution in [3.63, 3.8) is 0 Å². The highest BCUT2D eigenvalue weighted by molar-refractivity contribution is 7.14. The summed E-state index contributed by atoms with van der Waals surface area (Å²) in [5.41, 5.74) is 5.08. The molecule has 0 aliphatic rings. The van der Waals surface area contributed by atoms with Gasteiger partial charge in [-0.15, -0.1) is 22.7 Å². The maximum Gasteiger partial charge on any atom is 0.169 e. The maximum atomic E-state index is 11.1. The van der Waals surface area contributed by atoms with Crippen molar-refractivity contribution in [2.75, 3.05) is 0 Å². The first-order valence-electron chi connectivity index (χ1n) is 12.0. The van der Waals surface area contributed by atoms with Crippen LogP contribution in [0.5, 0.6) is 11.5 Å². The molecule has 7 heteroatoms. The average molecular weight is 501 g/mol. The van der Waals surface area contributed by atoms with E-state index in [1.807, 2.05) is 0 Å². The Morgan fingerprint density at radius 3 is 1.55 bits per heavy atom. The highest BCUT2D eigenvalue weighted by Gasteiger charge is 2.25. The number of nitrogens with zero attached hydrogens (tertiary/aromatic N) is 2. The van der Waals surface area contributed by atoms with Crippen LogP contribution in [-0.2, 0) is 12.8 Å². The highest BCUT2D eigenvalue weighted by Crippen LogP contribution is 2.51. The summed E-state index contributed by atoms with van der Waals surface area (Å²) in [6, 6.07) is 4.26. The molecule has 0 radical (unpaired) electrons. The molecule has 0 spiro atoms. The molecule has 0 atom stereocenters. The van der Waals surface area contributed by atoms with Crippen LogP contribution in [0.25, 0.3) is 31.9 Å². The maximum absolute atomic E-state index is 11.1. The Kier molecular flexibility index (Phi) is 8.39. The van der Waals surface area contributed by atoms with Crippen LogP contribution in [0.1, 0.15) is 76.3 Å². The lowest BCUT2D eigenvalue weighted by Gasteiger charge is -2.10. The Balaban J connectivity index is 1.63. The van der Waals surface area contributed by atoms with E-state index in [1.54, 1.807) is 22.7 Å². The van der Waals surface area contributed by atoms with Gasteiger partial charge in [-0.3, -0.25) is 0 Å². The van der Waals surface area contributed by atoms with Crippen molar-refractivity contribution in [3.05, 3.63) is 34.0 Å². The van der Waals surface area contributed by atoms with Crippen LogP contribution in [0.15, 0.2) is 22.9 Å². The van der Waals surface area contributed by atoms with E-state index in [0.717, 1.165) is 34.3 Å². The molecule has 0 fully saturated rings. The summed E-state index contributed by atoms with van der Waals surface area (Å²) >= 11 is 4.32. The number of rotatable bonds is 12. The lowest BCUT2D eigenvalue weighted by atomic mass is 10.0. The topological polar surface area (TPSA) is 66.2 Å². The molecule has 2 N–H and O–H groups in total. The quantitative estimate of drug-likeness (QED) is 0.151. The van der Waals surface area contributed by atoms with Crippen molar-refractivity contribution >= 4 is 45.4 Å². The van der Waals surface area contributed by atoms with Gasteiger partial charge in [0.15, 0.2) is 11.5 Å². The molecule has 1 aromatic carbocycles. The second kappa shape index (κ2) is 11.4. The number of fused-ring (bicyclic) bond motifs is 1. The van der Waals surface area contributed by atoms with Gasteiger partial charge in [-0.05, 0) is 59.7 Å². The smallest absolute Gasteiger partial charge is 0.169 e. The molecule has 0 saturated heterocycles. The van der Waals surface area contributed by atoms with Crippen molar-refractivity contribution < 1.29 is 10.2 Å². The van der Waals surface area contributed by atoms with Gasteiger partial charge in [0, 0.05) is 9.75 Å². The van der Waals surface area contributed by atoms with Gasteiger partial charge in [0.25, 0.3) is 0 Å². The molecule has 0 saturated carbocycles. The molecular weight excluding hydrogens is 468 g/mol. The van der Waals surface area contributed by atoms with Crippen LogP contribution in [0.2, 0.25) is 0 Å². The summed E-state index contributed by atoms with van der Waals surface area (Å²) < 4.78 is 9.05. The van der Waals surface area contributed by atoms with Crippen LogP contribution < -0.4 is 0 Å². The number of hydrogen-bond acceptors (Lipinski definition) is 7. The van der Waals surface area contributed by atoms with Gasteiger partial charge in [0.2, 0.25) is 0 Å². The largest absolute Gasteiger partial charge is 0.504 e. The number of phenolic OH excluding ortho intramolecular Hbond substituents is 2. The van der Waals surface area contributed by atoms with E-state index < -0.39 is 0 Å². The van der Waals surface area contributed by atoms with Crippen LogP contribution >= 0.6 is 34.4 Å². The van der Waals surface area contributed by atoms with Gasteiger partial charge in [-0.25, -0.2) is 0 Å². The average Bonchev–Trinajstić information content (AvgIpc) is 3.57. The summed E-state index contributed by atoms with van der Waals surface area (Å²) in [7, 11) is 0. The van der Waals surface area contributed by atoms with Gasteiger partial charge in [-0.2, -0.15) is 8.75 Å². The van der Waals surface area contributed by atoms with Gasteiger partial charge < -0.3 is 10.2 Å². The second-order valence-electron chi connectivity index (χ2n) is 8.67. The zero-order valence-electron chi connectivity index (χ0n) is 19.4. The predicted octanol–water partition coefficient (Wildman–Crippen LogP) is 8.81. The molecular formula is C26H32N2O2S3. The molecule has 176 valence electrons. The standard InChI is InChI=1S/C26H32N2O2S3/c1-3-5-7-9-11-17-13-19(31-15-17)21-23-24(28-33-27-23)22(26(30)25(21)29)20-14-18(16-32-20)12-10-8-6-4-2/h13-16,29-30H,3-12H2,1-2H3. The fourth-order valence-corrected chi connectivity index (χ4v) is 6.78. The van der Waals surface area contributed by atoms with Crippen molar-refractivity contribution in [3.8, 4) is 32.4 Å². The number of hydrogen-bond donors (Lipinski definition) is 2. The first-order chi connectivity index (χ1) is 16.1. The summed E-state index contributed by atoms with van der Waals surface area (Å²) in [6.45, 7) is 4.44. The number of aromatic hydroxyl groups is 2. The zero-order valence-corrected chi connectivity index (χ0v) is 21.8. The summed E-state index contributed by atoms with van der Waals surface area (Å²) in [5, 5.41) is 26.4. The molecule has 3 heterocycles. The van der Waals surface area contributed by atoms with E-state index in [0.29, 0.717) is 22.2 Å². The third-order valence-electron chi connectivity index (χ3n) is 6.10. The van der Waals surface area contributed by atoms with Crippen LogP contribution in [0.3, 0.4) is 0 Å². The zero-order chi connectivity index (χ0) is 23.2. The van der Waals surface area contributed by atoms with Gasteiger partial charge in [0.05, 0.1) is 22.9 Å². The Labute approximate surface area is 208 Å². The van der Waals surface area contributed by atoms with Gasteiger partial charge >= 0.3 is 0 Å². The molecule has 0 bridgehead atoms.